The maximum Gasteiger partial charge on any atom is 0.347 e. The first-order valence-corrected chi connectivity index (χ1v) is 8.08. The molecule has 4 rings (SSSR count). The van der Waals surface area contributed by atoms with Crippen LogP contribution in [0.1, 0.15) is 5.56 Å². The molecule has 120 valence electrons. The molecular formula is C16H12N4O3S. The van der Waals surface area contributed by atoms with Crippen LogP contribution in [0.15, 0.2) is 45.2 Å². The Morgan fingerprint density at radius 1 is 1.38 bits per heavy atom. The Labute approximate surface area is 139 Å². The van der Waals surface area contributed by atoms with E-state index in [1.165, 1.54) is 22.2 Å². The zero-order valence-corrected chi connectivity index (χ0v) is 13.5. The second kappa shape index (κ2) is 5.57. The van der Waals surface area contributed by atoms with Crippen LogP contribution in [0.25, 0.3) is 21.9 Å². The maximum atomic E-state index is 12.2. The fourth-order valence-corrected chi connectivity index (χ4v) is 3.14. The number of fused-ring (bicyclic) bond motifs is 3. The smallest absolute Gasteiger partial charge is 0.347 e. The molecule has 8 heteroatoms. The molecule has 3 heterocycles. The van der Waals surface area contributed by atoms with Crippen LogP contribution < -0.4 is 10.9 Å². The van der Waals surface area contributed by atoms with Gasteiger partial charge in [-0.15, -0.1) is 11.3 Å². The second-order valence-corrected chi connectivity index (χ2v) is 6.23. The number of aromatic nitrogens is 3. The molecule has 0 saturated heterocycles. The Balaban J connectivity index is 1.81. The van der Waals surface area contributed by atoms with Gasteiger partial charge >= 0.3 is 5.63 Å². The van der Waals surface area contributed by atoms with E-state index in [0.717, 1.165) is 10.9 Å². The number of aryl methyl sites for hydroxylation is 1. The number of benzene rings is 1. The van der Waals surface area contributed by atoms with Gasteiger partial charge in [-0.2, -0.15) is 5.10 Å². The highest BCUT2D eigenvalue weighted by Gasteiger charge is 2.15. The number of carbonyl (C=O) groups is 1. The Kier molecular flexibility index (Phi) is 3.39. The minimum atomic E-state index is -0.465. The lowest BCUT2D eigenvalue weighted by Gasteiger charge is -2.06. The van der Waals surface area contributed by atoms with Crippen molar-refractivity contribution < 1.29 is 9.21 Å². The molecule has 0 bridgehead atoms. The highest BCUT2D eigenvalue weighted by Crippen LogP contribution is 2.23. The highest BCUT2D eigenvalue weighted by atomic mass is 32.1. The van der Waals surface area contributed by atoms with Crippen LogP contribution in [0.4, 0.5) is 5.13 Å². The number of hydrogen-bond donors (Lipinski definition) is 1. The summed E-state index contributed by atoms with van der Waals surface area (Å²) in [4.78, 5) is 28.3. The number of carbonyl (C=O) groups excluding carboxylic acids is 1. The van der Waals surface area contributed by atoms with Gasteiger partial charge in [0.2, 0.25) is 5.91 Å². The zero-order chi connectivity index (χ0) is 16.7. The van der Waals surface area contributed by atoms with Crippen molar-refractivity contribution in [1.82, 2.24) is 14.8 Å². The van der Waals surface area contributed by atoms with E-state index in [-0.39, 0.29) is 12.5 Å². The van der Waals surface area contributed by atoms with Crippen LogP contribution in [0.3, 0.4) is 0 Å². The Bertz CT molecular complexity index is 1110. The molecule has 1 aromatic carbocycles. The molecule has 0 spiro atoms. The predicted octanol–water partition coefficient (Wildman–Crippen LogP) is 2.55. The summed E-state index contributed by atoms with van der Waals surface area (Å²) in [7, 11) is 0. The molecular weight excluding hydrogens is 328 g/mol. The van der Waals surface area contributed by atoms with Gasteiger partial charge in [-0.3, -0.25) is 9.48 Å². The van der Waals surface area contributed by atoms with Gasteiger partial charge in [-0.25, -0.2) is 9.78 Å². The van der Waals surface area contributed by atoms with E-state index in [1.54, 1.807) is 17.6 Å². The number of nitrogens with zero attached hydrogens (tertiary/aromatic N) is 3. The number of anilines is 1. The van der Waals surface area contributed by atoms with Gasteiger partial charge in [-0.05, 0) is 19.1 Å². The van der Waals surface area contributed by atoms with Crippen LogP contribution >= 0.6 is 11.3 Å². The summed E-state index contributed by atoms with van der Waals surface area (Å²) >= 11 is 1.34. The number of amides is 1. The third-order valence-corrected chi connectivity index (χ3v) is 4.31. The summed E-state index contributed by atoms with van der Waals surface area (Å²) in [5.74, 6) is -0.260. The van der Waals surface area contributed by atoms with E-state index < -0.39 is 5.63 Å². The minimum Gasteiger partial charge on any atom is -0.422 e. The largest absolute Gasteiger partial charge is 0.422 e. The zero-order valence-electron chi connectivity index (χ0n) is 12.6. The fourth-order valence-electron chi connectivity index (χ4n) is 2.59. The van der Waals surface area contributed by atoms with E-state index in [2.05, 4.69) is 15.4 Å². The Hall–Kier alpha value is -3.00. The average Bonchev–Trinajstić information content (AvgIpc) is 3.18. The van der Waals surface area contributed by atoms with E-state index in [4.69, 9.17) is 4.42 Å². The van der Waals surface area contributed by atoms with Crippen LogP contribution in [0.2, 0.25) is 0 Å². The molecule has 0 aliphatic carbocycles. The summed E-state index contributed by atoms with van der Waals surface area (Å²) in [5.41, 5.74) is 1.63. The summed E-state index contributed by atoms with van der Waals surface area (Å²) < 4.78 is 6.83. The lowest BCUT2D eigenvalue weighted by atomic mass is 10.1. The monoisotopic (exact) mass is 340 g/mol. The van der Waals surface area contributed by atoms with Crippen LogP contribution in [-0.4, -0.2) is 20.7 Å². The topological polar surface area (TPSA) is 90.0 Å². The van der Waals surface area contributed by atoms with Crippen molar-refractivity contribution in [2.45, 2.75) is 13.5 Å². The van der Waals surface area contributed by atoms with Crippen molar-refractivity contribution in [3.05, 3.63) is 52.0 Å². The minimum absolute atomic E-state index is 0.0183. The number of hydrogen-bond acceptors (Lipinski definition) is 6. The maximum absolute atomic E-state index is 12.2. The lowest BCUT2D eigenvalue weighted by Crippen LogP contribution is -2.19. The van der Waals surface area contributed by atoms with Crippen molar-refractivity contribution in [2.24, 2.45) is 0 Å². The quantitative estimate of drug-likeness (QED) is 0.579. The van der Waals surface area contributed by atoms with Crippen molar-refractivity contribution in [3.8, 4) is 0 Å². The normalized spacial score (nSPS) is 11.2. The molecule has 7 nitrogen and oxygen atoms in total. The third kappa shape index (κ3) is 2.46. The first-order chi connectivity index (χ1) is 11.6. The van der Waals surface area contributed by atoms with Crippen molar-refractivity contribution in [3.63, 3.8) is 0 Å². The molecule has 0 radical (unpaired) electrons. The molecule has 1 amide bonds. The molecule has 4 aromatic rings. The van der Waals surface area contributed by atoms with Crippen LogP contribution in [0.5, 0.6) is 0 Å². The van der Waals surface area contributed by atoms with E-state index in [9.17, 15) is 9.59 Å². The highest BCUT2D eigenvalue weighted by molar-refractivity contribution is 7.13. The molecule has 24 heavy (non-hydrogen) atoms. The SMILES string of the molecule is Cc1ccc2oc(=O)c3cnn(CC(=O)Nc4nccs4)c3c2c1. The first kappa shape index (κ1) is 14.6. The third-order valence-electron chi connectivity index (χ3n) is 3.62. The molecule has 1 N–H and O–H groups in total. The standard InChI is InChI=1S/C16H12N4O3S/c1-9-2-3-12-10(6-9)14-11(15(22)23-12)7-18-20(14)8-13(21)19-16-17-4-5-24-16/h2-7H,8H2,1H3,(H,17,19,21). The van der Waals surface area contributed by atoms with Crippen LogP contribution in [0, 0.1) is 6.92 Å². The van der Waals surface area contributed by atoms with E-state index in [0.29, 0.717) is 21.6 Å². The molecule has 0 saturated carbocycles. The Morgan fingerprint density at radius 2 is 2.25 bits per heavy atom. The molecule has 0 aliphatic heterocycles. The van der Waals surface area contributed by atoms with Gasteiger partial charge in [0.05, 0.1) is 11.7 Å². The van der Waals surface area contributed by atoms with E-state index >= 15 is 0 Å². The van der Waals surface area contributed by atoms with Gasteiger partial charge in [-0.1, -0.05) is 11.6 Å². The number of nitrogens with one attached hydrogen (secondary N) is 1. The predicted molar refractivity (Wildman–Crippen MR) is 91.3 cm³/mol. The van der Waals surface area contributed by atoms with Gasteiger partial charge in [0.1, 0.15) is 17.5 Å². The fraction of sp³-hybridized carbons (Fsp3) is 0.125. The average molecular weight is 340 g/mol. The Morgan fingerprint density at radius 3 is 3.04 bits per heavy atom. The van der Waals surface area contributed by atoms with Gasteiger partial charge < -0.3 is 9.73 Å². The first-order valence-electron chi connectivity index (χ1n) is 7.20. The van der Waals surface area contributed by atoms with Crippen molar-refractivity contribution in [1.29, 1.82) is 0 Å². The van der Waals surface area contributed by atoms with E-state index in [1.807, 2.05) is 19.1 Å². The van der Waals surface area contributed by atoms with Crippen molar-refractivity contribution >= 4 is 44.2 Å². The molecule has 0 fully saturated rings. The summed E-state index contributed by atoms with van der Waals surface area (Å²) in [5, 5.41) is 10.3. The van der Waals surface area contributed by atoms with Gasteiger partial charge in [0.25, 0.3) is 0 Å². The molecule has 0 unspecified atom stereocenters. The van der Waals surface area contributed by atoms with Crippen molar-refractivity contribution in [2.75, 3.05) is 5.32 Å². The summed E-state index contributed by atoms with van der Waals surface area (Å²) in [6, 6.07) is 5.53. The summed E-state index contributed by atoms with van der Waals surface area (Å²) in [6.45, 7) is 1.93. The van der Waals surface area contributed by atoms with Gasteiger partial charge in [0, 0.05) is 17.0 Å². The molecule has 0 aliphatic rings. The number of rotatable bonds is 3. The lowest BCUT2D eigenvalue weighted by molar-refractivity contribution is -0.116. The second-order valence-electron chi connectivity index (χ2n) is 5.34. The summed E-state index contributed by atoms with van der Waals surface area (Å²) in [6.07, 6.45) is 3.05. The molecule has 0 atom stereocenters. The van der Waals surface area contributed by atoms with Crippen LogP contribution in [-0.2, 0) is 11.3 Å². The van der Waals surface area contributed by atoms with Gasteiger partial charge in [0.15, 0.2) is 5.13 Å². The number of thiazole rings is 1. The molecule has 3 aromatic heterocycles.